The highest BCUT2D eigenvalue weighted by atomic mass is 16.7. The van der Waals surface area contributed by atoms with E-state index in [4.69, 9.17) is 9.25 Å². The summed E-state index contributed by atoms with van der Waals surface area (Å²) in [4.78, 5) is 27.0. The first-order valence-electron chi connectivity index (χ1n) is 8.53. The molecule has 0 bridgehead atoms. The smallest absolute Gasteiger partial charge is 0.287 e. The maximum Gasteiger partial charge on any atom is 0.287 e. The zero-order valence-corrected chi connectivity index (χ0v) is 14.8. The molecule has 4 aromatic rings. The fraction of sp³-hybridized carbons (Fsp3) is 0.150. The van der Waals surface area contributed by atoms with E-state index in [1.54, 1.807) is 6.26 Å². The van der Waals surface area contributed by atoms with Crippen molar-refractivity contribution in [2.45, 2.75) is 20.1 Å². The molecule has 1 N–H and O–H groups in total. The number of fused-ring (bicyclic) bond motifs is 1. The SMILES string of the molecule is Cc1ncnc2c1c(NCc1ccco1)cc(=O)n2OCc1ccccc1. The van der Waals surface area contributed by atoms with Crippen LogP contribution in [-0.4, -0.2) is 14.7 Å². The number of rotatable bonds is 6. The number of pyridine rings is 1. The molecule has 0 unspecified atom stereocenters. The molecule has 136 valence electrons. The van der Waals surface area contributed by atoms with Gasteiger partial charge in [0.05, 0.1) is 29.6 Å². The van der Waals surface area contributed by atoms with Crippen molar-refractivity contribution in [3.8, 4) is 0 Å². The van der Waals surface area contributed by atoms with E-state index in [1.165, 1.54) is 17.1 Å². The molecule has 0 aliphatic rings. The summed E-state index contributed by atoms with van der Waals surface area (Å²) in [6.07, 6.45) is 3.04. The maximum atomic E-state index is 12.7. The average molecular weight is 362 g/mol. The quantitative estimate of drug-likeness (QED) is 0.568. The first-order valence-corrected chi connectivity index (χ1v) is 8.53. The predicted molar refractivity (Wildman–Crippen MR) is 101 cm³/mol. The molecule has 0 fully saturated rings. The number of anilines is 1. The Morgan fingerprint density at radius 2 is 2.00 bits per heavy atom. The predicted octanol–water partition coefficient (Wildman–Crippen LogP) is 2.93. The highest BCUT2D eigenvalue weighted by Gasteiger charge is 2.14. The Morgan fingerprint density at radius 3 is 2.78 bits per heavy atom. The summed E-state index contributed by atoms with van der Waals surface area (Å²) in [6, 6.07) is 14.8. The fourth-order valence-electron chi connectivity index (χ4n) is 2.86. The summed E-state index contributed by atoms with van der Waals surface area (Å²) >= 11 is 0. The highest BCUT2D eigenvalue weighted by Crippen LogP contribution is 2.22. The van der Waals surface area contributed by atoms with Crippen LogP contribution in [0.1, 0.15) is 17.0 Å². The fourth-order valence-corrected chi connectivity index (χ4v) is 2.86. The van der Waals surface area contributed by atoms with Gasteiger partial charge in [-0.3, -0.25) is 4.79 Å². The van der Waals surface area contributed by atoms with Gasteiger partial charge in [-0.2, -0.15) is 0 Å². The number of nitrogens with one attached hydrogen (secondary N) is 1. The van der Waals surface area contributed by atoms with Crippen LogP contribution >= 0.6 is 0 Å². The van der Waals surface area contributed by atoms with E-state index in [2.05, 4.69) is 15.3 Å². The first kappa shape index (κ1) is 16.8. The molecule has 0 radical (unpaired) electrons. The van der Waals surface area contributed by atoms with Crippen LogP contribution in [0.3, 0.4) is 0 Å². The average Bonchev–Trinajstić information content (AvgIpc) is 3.20. The summed E-state index contributed by atoms with van der Waals surface area (Å²) in [6.45, 7) is 2.58. The lowest BCUT2D eigenvalue weighted by Gasteiger charge is -2.15. The Bertz CT molecular complexity index is 1110. The molecule has 27 heavy (non-hydrogen) atoms. The van der Waals surface area contributed by atoms with Crippen molar-refractivity contribution in [1.29, 1.82) is 0 Å². The van der Waals surface area contributed by atoms with Crippen molar-refractivity contribution in [2.75, 3.05) is 5.32 Å². The lowest BCUT2D eigenvalue weighted by atomic mass is 10.2. The largest absolute Gasteiger partial charge is 0.467 e. The second-order valence-electron chi connectivity index (χ2n) is 6.04. The number of aryl methyl sites for hydroxylation is 1. The van der Waals surface area contributed by atoms with Crippen molar-refractivity contribution >= 4 is 16.7 Å². The summed E-state index contributed by atoms with van der Waals surface area (Å²) in [7, 11) is 0. The molecule has 0 saturated carbocycles. The van der Waals surface area contributed by atoms with Crippen LogP contribution in [0.2, 0.25) is 0 Å². The normalized spacial score (nSPS) is 10.9. The summed E-state index contributed by atoms with van der Waals surface area (Å²) in [5.41, 5.74) is 2.47. The van der Waals surface area contributed by atoms with E-state index in [9.17, 15) is 4.79 Å². The highest BCUT2D eigenvalue weighted by molar-refractivity contribution is 5.90. The van der Waals surface area contributed by atoms with E-state index >= 15 is 0 Å². The molecule has 0 spiro atoms. The minimum Gasteiger partial charge on any atom is -0.467 e. The molecule has 0 amide bonds. The van der Waals surface area contributed by atoms with E-state index in [-0.39, 0.29) is 12.2 Å². The number of hydrogen-bond acceptors (Lipinski definition) is 6. The Morgan fingerprint density at radius 1 is 1.15 bits per heavy atom. The molecular weight excluding hydrogens is 344 g/mol. The topological polar surface area (TPSA) is 82.2 Å². The van der Waals surface area contributed by atoms with Gasteiger partial charge in [-0.1, -0.05) is 30.3 Å². The van der Waals surface area contributed by atoms with Crippen LogP contribution in [0.25, 0.3) is 11.0 Å². The third-order valence-corrected chi connectivity index (χ3v) is 4.18. The first-order chi connectivity index (χ1) is 13.2. The van der Waals surface area contributed by atoms with Crippen LogP contribution in [0.15, 0.2) is 70.3 Å². The number of nitrogens with zero attached hydrogens (tertiary/aromatic N) is 3. The third-order valence-electron chi connectivity index (χ3n) is 4.18. The molecule has 0 aliphatic heterocycles. The van der Waals surface area contributed by atoms with Crippen LogP contribution < -0.4 is 15.7 Å². The Labute approximate surface area is 155 Å². The standard InChI is InChI=1S/C20H18N4O3/c1-14-19-17(21-11-16-8-5-9-26-16)10-18(25)24(20(19)23-13-22-14)27-12-15-6-3-2-4-7-15/h2-10,13,21H,11-12H2,1H3. The van der Waals surface area contributed by atoms with Gasteiger partial charge in [0.1, 0.15) is 18.7 Å². The molecule has 3 aromatic heterocycles. The maximum absolute atomic E-state index is 12.7. The summed E-state index contributed by atoms with van der Waals surface area (Å²) < 4.78 is 6.55. The van der Waals surface area contributed by atoms with E-state index in [0.29, 0.717) is 17.9 Å². The van der Waals surface area contributed by atoms with Crippen molar-refractivity contribution in [3.63, 3.8) is 0 Å². The van der Waals surface area contributed by atoms with Crippen LogP contribution in [0.4, 0.5) is 5.69 Å². The molecule has 3 heterocycles. The molecule has 0 aliphatic carbocycles. The molecule has 1 aromatic carbocycles. The van der Waals surface area contributed by atoms with Gasteiger partial charge in [-0.15, -0.1) is 4.73 Å². The second kappa shape index (κ2) is 7.33. The minimum absolute atomic E-state index is 0.262. The van der Waals surface area contributed by atoms with Gasteiger partial charge >= 0.3 is 0 Å². The zero-order valence-electron chi connectivity index (χ0n) is 14.8. The van der Waals surface area contributed by atoms with Gasteiger partial charge in [-0.05, 0) is 24.6 Å². The van der Waals surface area contributed by atoms with E-state index < -0.39 is 0 Å². The van der Waals surface area contributed by atoms with Gasteiger partial charge in [0.25, 0.3) is 5.56 Å². The Kier molecular flexibility index (Phi) is 4.57. The number of aromatic nitrogens is 3. The van der Waals surface area contributed by atoms with Crippen LogP contribution in [-0.2, 0) is 13.2 Å². The third kappa shape index (κ3) is 3.52. The number of furan rings is 1. The zero-order chi connectivity index (χ0) is 18.6. The molecule has 7 nitrogen and oxygen atoms in total. The summed E-state index contributed by atoms with van der Waals surface area (Å²) in [5, 5.41) is 3.96. The molecule has 4 rings (SSSR count). The van der Waals surface area contributed by atoms with Crippen LogP contribution in [0.5, 0.6) is 0 Å². The van der Waals surface area contributed by atoms with Crippen molar-refractivity contribution in [2.24, 2.45) is 0 Å². The lowest BCUT2D eigenvalue weighted by molar-refractivity contribution is 0.0979. The van der Waals surface area contributed by atoms with E-state index in [1.807, 2.05) is 49.4 Å². The number of hydrogen-bond donors (Lipinski definition) is 1. The molecular formula is C20H18N4O3. The van der Waals surface area contributed by atoms with Crippen molar-refractivity contribution in [1.82, 2.24) is 14.7 Å². The second-order valence-corrected chi connectivity index (χ2v) is 6.04. The van der Waals surface area contributed by atoms with Gasteiger partial charge < -0.3 is 14.6 Å². The van der Waals surface area contributed by atoms with Crippen molar-refractivity contribution < 1.29 is 9.25 Å². The monoisotopic (exact) mass is 362 g/mol. The molecule has 0 saturated heterocycles. The Balaban J connectivity index is 1.70. The molecule has 7 heteroatoms. The van der Waals surface area contributed by atoms with Crippen molar-refractivity contribution in [3.05, 3.63) is 88.5 Å². The lowest BCUT2D eigenvalue weighted by Crippen LogP contribution is -2.28. The van der Waals surface area contributed by atoms with Crippen LogP contribution in [0, 0.1) is 6.92 Å². The number of benzene rings is 1. The molecule has 0 atom stereocenters. The van der Waals surface area contributed by atoms with Gasteiger partial charge in [-0.25, -0.2) is 9.97 Å². The Hall–Kier alpha value is -3.61. The van der Waals surface area contributed by atoms with Gasteiger partial charge in [0, 0.05) is 6.07 Å². The van der Waals surface area contributed by atoms with Gasteiger partial charge in [0.2, 0.25) is 0 Å². The van der Waals surface area contributed by atoms with E-state index in [0.717, 1.165) is 22.4 Å². The summed E-state index contributed by atoms with van der Waals surface area (Å²) in [5.74, 6) is 0.766. The minimum atomic E-state index is -0.307. The van der Waals surface area contributed by atoms with Gasteiger partial charge in [0.15, 0.2) is 5.65 Å².